The van der Waals surface area contributed by atoms with E-state index in [0.29, 0.717) is 42.0 Å². The minimum atomic E-state index is -0.724. The summed E-state index contributed by atoms with van der Waals surface area (Å²) in [5, 5.41) is 30.4. The second kappa shape index (κ2) is 12.8. The van der Waals surface area contributed by atoms with Crippen molar-refractivity contribution in [2.75, 3.05) is 81.8 Å². The van der Waals surface area contributed by atoms with Crippen molar-refractivity contribution in [3.63, 3.8) is 0 Å². The van der Waals surface area contributed by atoms with Crippen LogP contribution >= 0.6 is 0 Å². The molecule has 14 heteroatoms. The second-order valence-electron chi connectivity index (χ2n) is 9.29. The number of aromatic hydroxyl groups is 2. The van der Waals surface area contributed by atoms with Gasteiger partial charge in [0.15, 0.2) is 6.54 Å². The summed E-state index contributed by atoms with van der Waals surface area (Å²) < 4.78 is 9.46. The lowest BCUT2D eigenvalue weighted by Crippen LogP contribution is -2.60. The molecule has 0 aliphatic carbocycles. The topological polar surface area (TPSA) is 179 Å². The number of amides is 4. The summed E-state index contributed by atoms with van der Waals surface area (Å²) in [6.07, 6.45) is -1.45. The number of piperazine rings is 1. The fourth-order valence-electron chi connectivity index (χ4n) is 4.01. The molecule has 0 saturated carbocycles. The number of phenolic OH excluding ortho intramolecular Hbond substituents is 2. The summed E-state index contributed by atoms with van der Waals surface area (Å²) in [5.41, 5.74) is 1.07. The van der Waals surface area contributed by atoms with E-state index in [4.69, 9.17) is 0 Å². The Morgan fingerprint density at radius 2 is 1.26 bits per heavy atom. The van der Waals surface area contributed by atoms with Crippen LogP contribution in [0.4, 0.5) is 32.3 Å². The largest absolute Gasteiger partial charge is 0.506 e. The summed E-state index contributed by atoms with van der Waals surface area (Å²) >= 11 is 0. The highest BCUT2D eigenvalue weighted by atomic mass is 16.5. The highest BCUT2D eigenvalue weighted by molar-refractivity contribution is 5.94. The summed E-state index contributed by atoms with van der Waals surface area (Å²) in [5.74, 6) is -0.926. The van der Waals surface area contributed by atoms with Crippen LogP contribution in [0.1, 0.15) is 0 Å². The van der Waals surface area contributed by atoms with Gasteiger partial charge in [-0.05, 0) is 24.3 Å². The maximum atomic E-state index is 12.7. The molecule has 14 nitrogen and oxygen atoms in total. The molecule has 0 spiro atoms. The van der Waals surface area contributed by atoms with Gasteiger partial charge in [0.05, 0.1) is 52.3 Å². The zero-order chi connectivity index (χ0) is 28.6. The number of nitrogens with zero attached hydrogens (tertiary/aromatic N) is 2. The van der Waals surface area contributed by atoms with Crippen LogP contribution in [0.5, 0.6) is 11.5 Å². The maximum Gasteiger partial charge on any atom is 0.411 e. The summed E-state index contributed by atoms with van der Waals surface area (Å²) in [4.78, 5) is 49.8. The molecule has 0 bridgehead atoms. The molecule has 1 aliphatic heterocycles. The van der Waals surface area contributed by atoms with Crippen molar-refractivity contribution in [1.29, 1.82) is 0 Å². The Kier molecular flexibility index (Phi) is 9.52. The Morgan fingerprint density at radius 1 is 0.795 bits per heavy atom. The first-order valence-electron chi connectivity index (χ1n) is 12.0. The predicted molar refractivity (Wildman–Crippen MR) is 143 cm³/mol. The van der Waals surface area contributed by atoms with Crippen molar-refractivity contribution in [2.24, 2.45) is 0 Å². The Hall–Kier alpha value is -4.56. The van der Waals surface area contributed by atoms with Crippen molar-refractivity contribution >= 4 is 46.8 Å². The number of anilines is 4. The quantitative estimate of drug-likeness (QED) is 0.213. The van der Waals surface area contributed by atoms with Gasteiger partial charge in [0.2, 0.25) is 5.91 Å². The van der Waals surface area contributed by atoms with Gasteiger partial charge < -0.3 is 34.8 Å². The first kappa shape index (κ1) is 29.0. The van der Waals surface area contributed by atoms with Gasteiger partial charge in [-0.1, -0.05) is 0 Å². The first-order chi connectivity index (χ1) is 18.5. The van der Waals surface area contributed by atoms with E-state index in [1.54, 1.807) is 12.1 Å². The molecule has 0 unspecified atom stereocenters. The fraction of sp³-hybridized carbons (Fsp3) is 0.360. The second-order valence-corrected chi connectivity index (χ2v) is 9.29. The Labute approximate surface area is 225 Å². The van der Waals surface area contributed by atoms with E-state index in [0.717, 1.165) is 0 Å². The molecule has 210 valence electrons. The smallest absolute Gasteiger partial charge is 0.411 e. The molecule has 0 atom stereocenters. The zero-order valence-electron chi connectivity index (χ0n) is 21.9. The molecule has 39 heavy (non-hydrogen) atoms. The van der Waals surface area contributed by atoms with Gasteiger partial charge in [0.1, 0.15) is 11.5 Å². The van der Waals surface area contributed by atoms with Gasteiger partial charge in [0, 0.05) is 36.6 Å². The fourth-order valence-corrected chi connectivity index (χ4v) is 4.01. The molecule has 1 saturated heterocycles. The molecule has 1 fully saturated rings. The monoisotopic (exact) mass is 545 g/mol. The Morgan fingerprint density at radius 3 is 1.69 bits per heavy atom. The standard InChI is InChI=1S/C25H32N6O8/c1-31(15-23(35)27-17-5-7-19(21(33)13-17)29-25(37)39-3)10-8-30(9-11-31)14-22(34)26-16-4-6-18(20(32)12-16)28-24(36)38-2/h4-7,12-13H,8-11,14-15H2,1-3H3,(H5-,26,27,28,29,32,33,34,35,36,37)/p+1. The molecule has 2 aromatic carbocycles. The highest BCUT2D eigenvalue weighted by Gasteiger charge is 2.31. The number of ether oxygens (including phenoxy) is 2. The Bertz CT molecular complexity index is 1230. The number of benzene rings is 2. The number of hydrogen-bond acceptors (Lipinski definition) is 9. The van der Waals surface area contributed by atoms with E-state index in [2.05, 4.69) is 30.7 Å². The third-order valence-electron chi connectivity index (χ3n) is 6.21. The minimum absolute atomic E-state index is 0.139. The normalized spacial score (nSPS) is 14.5. The zero-order valence-corrected chi connectivity index (χ0v) is 21.9. The van der Waals surface area contributed by atoms with Crippen LogP contribution in [0.15, 0.2) is 36.4 Å². The summed E-state index contributed by atoms with van der Waals surface area (Å²) in [7, 11) is 4.38. The number of methoxy groups -OCH3 is 2. The van der Waals surface area contributed by atoms with E-state index in [1.165, 1.54) is 38.5 Å². The number of carbonyl (C=O) groups excluding carboxylic acids is 4. The van der Waals surface area contributed by atoms with Crippen LogP contribution in [0, 0.1) is 0 Å². The maximum absolute atomic E-state index is 12.7. The van der Waals surface area contributed by atoms with Crippen LogP contribution in [0.3, 0.4) is 0 Å². The van der Waals surface area contributed by atoms with Crippen molar-refractivity contribution in [3.8, 4) is 11.5 Å². The molecule has 0 aromatic heterocycles. The van der Waals surface area contributed by atoms with Gasteiger partial charge in [-0.2, -0.15) is 0 Å². The number of phenols is 2. The number of nitrogens with one attached hydrogen (secondary N) is 4. The SMILES string of the molecule is COC(=O)Nc1ccc(NC(=O)CN2CC[N+](C)(CC(=O)Nc3ccc(NC(=O)OC)c(O)c3)CC2)cc1O. The van der Waals surface area contributed by atoms with Gasteiger partial charge in [-0.3, -0.25) is 25.1 Å². The lowest BCUT2D eigenvalue weighted by Gasteiger charge is -2.41. The molecule has 1 heterocycles. The van der Waals surface area contributed by atoms with Crippen molar-refractivity contribution in [3.05, 3.63) is 36.4 Å². The van der Waals surface area contributed by atoms with Crippen LogP contribution < -0.4 is 21.3 Å². The van der Waals surface area contributed by atoms with Gasteiger partial charge in [-0.15, -0.1) is 0 Å². The number of quaternary nitrogens is 1. The summed E-state index contributed by atoms with van der Waals surface area (Å²) in [6.45, 7) is 2.82. The first-order valence-corrected chi connectivity index (χ1v) is 12.0. The van der Waals surface area contributed by atoms with E-state index < -0.39 is 12.2 Å². The van der Waals surface area contributed by atoms with Gasteiger partial charge in [-0.25, -0.2) is 9.59 Å². The number of carbonyl (C=O) groups is 4. The van der Waals surface area contributed by atoms with Crippen molar-refractivity contribution < 1.29 is 43.3 Å². The molecule has 1 aliphatic rings. The molecular formula is C25H33N6O8+. The van der Waals surface area contributed by atoms with Gasteiger partial charge >= 0.3 is 12.2 Å². The van der Waals surface area contributed by atoms with E-state index >= 15 is 0 Å². The molecule has 3 rings (SSSR count). The molecule has 4 amide bonds. The van der Waals surface area contributed by atoms with E-state index in [1.807, 2.05) is 11.9 Å². The summed E-state index contributed by atoms with van der Waals surface area (Å²) in [6, 6.07) is 8.68. The molecule has 2 aromatic rings. The minimum Gasteiger partial charge on any atom is -0.506 e. The molecule has 0 radical (unpaired) electrons. The number of likely N-dealkylation sites (N-methyl/N-ethyl adjacent to an activating group) is 1. The highest BCUT2D eigenvalue weighted by Crippen LogP contribution is 2.28. The lowest BCUT2D eigenvalue weighted by molar-refractivity contribution is -0.905. The number of hydrogen-bond donors (Lipinski definition) is 6. The van der Waals surface area contributed by atoms with Crippen LogP contribution in [-0.4, -0.2) is 104 Å². The van der Waals surface area contributed by atoms with E-state index in [-0.39, 0.29) is 47.8 Å². The predicted octanol–water partition coefficient (Wildman–Crippen LogP) is 1.79. The average Bonchev–Trinajstić information content (AvgIpc) is 2.88. The third-order valence-corrected chi connectivity index (χ3v) is 6.21. The van der Waals surface area contributed by atoms with Crippen molar-refractivity contribution in [1.82, 2.24) is 4.90 Å². The van der Waals surface area contributed by atoms with Crippen LogP contribution in [0.2, 0.25) is 0 Å². The third kappa shape index (κ3) is 8.48. The van der Waals surface area contributed by atoms with Crippen LogP contribution in [-0.2, 0) is 19.1 Å². The van der Waals surface area contributed by atoms with Gasteiger partial charge in [0.25, 0.3) is 5.91 Å². The Balaban J connectivity index is 1.45. The molecule has 6 N–H and O–H groups in total. The van der Waals surface area contributed by atoms with Crippen molar-refractivity contribution in [2.45, 2.75) is 0 Å². The average molecular weight is 546 g/mol. The van der Waals surface area contributed by atoms with E-state index in [9.17, 15) is 29.4 Å². The number of rotatable bonds is 8. The van der Waals surface area contributed by atoms with Crippen LogP contribution in [0.25, 0.3) is 0 Å². The molecular weight excluding hydrogens is 512 g/mol. The lowest BCUT2D eigenvalue weighted by atomic mass is 10.2.